The average molecular weight is 237 g/mol. The van der Waals surface area contributed by atoms with E-state index in [1.807, 2.05) is 37.3 Å². The standard InChI is InChI=1S/C14H23NO2/c1-4-17-11-14(10-16,15-12(2)3)13-8-6-5-7-9-13/h5-9,12,15-16H,4,10-11H2,1-3H3. The van der Waals surface area contributed by atoms with Crippen molar-refractivity contribution in [1.82, 2.24) is 5.32 Å². The van der Waals surface area contributed by atoms with Crippen molar-refractivity contribution in [3.8, 4) is 0 Å². The first kappa shape index (κ1) is 14.2. The summed E-state index contributed by atoms with van der Waals surface area (Å²) in [7, 11) is 0. The quantitative estimate of drug-likeness (QED) is 0.761. The Morgan fingerprint density at radius 3 is 2.41 bits per heavy atom. The van der Waals surface area contributed by atoms with Crippen molar-refractivity contribution in [2.75, 3.05) is 19.8 Å². The van der Waals surface area contributed by atoms with Crippen LogP contribution in [0.15, 0.2) is 30.3 Å². The SMILES string of the molecule is CCOCC(CO)(NC(C)C)c1ccccc1. The summed E-state index contributed by atoms with van der Waals surface area (Å²) in [5.41, 5.74) is 0.551. The summed E-state index contributed by atoms with van der Waals surface area (Å²) >= 11 is 0. The van der Waals surface area contributed by atoms with E-state index < -0.39 is 5.54 Å². The van der Waals surface area contributed by atoms with Crippen LogP contribution in [0.4, 0.5) is 0 Å². The Morgan fingerprint density at radius 1 is 1.29 bits per heavy atom. The number of aliphatic hydroxyl groups is 1. The summed E-state index contributed by atoms with van der Waals surface area (Å²) in [5, 5.41) is 13.2. The molecule has 1 unspecified atom stereocenters. The molecule has 0 heterocycles. The van der Waals surface area contributed by atoms with Gasteiger partial charge in [0.25, 0.3) is 0 Å². The van der Waals surface area contributed by atoms with E-state index >= 15 is 0 Å². The predicted octanol–water partition coefficient (Wildman–Crippen LogP) is 1.91. The predicted molar refractivity (Wildman–Crippen MR) is 70.0 cm³/mol. The molecule has 0 spiro atoms. The Bertz CT molecular complexity index is 313. The molecular formula is C14H23NO2. The van der Waals surface area contributed by atoms with E-state index in [-0.39, 0.29) is 12.6 Å². The average Bonchev–Trinajstić information content (AvgIpc) is 2.35. The second-order valence-corrected chi connectivity index (χ2v) is 4.54. The minimum absolute atomic E-state index is 0.0230. The molecule has 0 aliphatic heterocycles. The van der Waals surface area contributed by atoms with Gasteiger partial charge in [-0.2, -0.15) is 0 Å². The van der Waals surface area contributed by atoms with E-state index in [4.69, 9.17) is 4.74 Å². The van der Waals surface area contributed by atoms with Gasteiger partial charge in [-0.05, 0) is 26.3 Å². The third-order valence-electron chi connectivity index (χ3n) is 2.71. The molecule has 2 N–H and O–H groups in total. The zero-order valence-corrected chi connectivity index (χ0v) is 10.9. The molecule has 0 saturated heterocycles. The number of hydrogen-bond donors (Lipinski definition) is 2. The molecule has 0 aromatic heterocycles. The maximum atomic E-state index is 9.76. The third kappa shape index (κ3) is 3.80. The van der Waals surface area contributed by atoms with Gasteiger partial charge in [0.05, 0.1) is 18.8 Å². The van der Waals surface area contributed by atoms with Gasteiger partial charge < -0.3 is 15.2 Å². The molecule has 17 heavy (non-hydrogen) atoms. The van der Waals surface area contributed by atoms with Gasteiger partial charge in [0, 0.05) is 12.6 Å². The summed E-state index contributed by atoms with van der Waals surface area (Å²) < 4.78 is 5.52. The third-order valence-corrected chi connectivity index (χ3v) is 2.71. The number of benzene rings is 1. The van der Waals surface area contributed by atoms with Crippen molar-refractivity contribution < 1.29 is 9.84 Å². The highest BCUT2D eigenvalue weighted by atomic mass is 16.5. The van der Waals surface area contributed by atoms with Crippen LogP contribution in [0.3, 0.4) is 0 Å². The Kier molecular flexibility index (Phi) is 5.62. The van der Waals surface area contributed by atoms with Crippen LogP contribution in [0.1, 0.15) is 26.3 Å². The molecule has 1 aromatic carbocycles. The summed E-state index contributed by atoms with van der Waals surface area (Å²) in [6.07, 6.45) is 0. The first-order valence-corrected chi connectivity index (χ1v) is 6.16. The molecule has 0 aliphatic rings. The fourth-order valence-corrected chi connectivity index (χ4v) is 1.98. The minimum atomic E-state index is -0.508. The van der Waals surface area contributed by atoms with E-state index in [0.29, 0.717) is 13.2 Å². The van der Waals surface area contributed by atoms with Gasteiger partial charge in [-0.3, -0.25) is 0 Å². The molecule has 1 atom stereocenters. The maximum Gasteiger partial charge on any atom is 0.0907 e. The van der Waals surface area contributed by atoms with Crippen molar-refractivity contribution in [3.05, 3.63) is 35.9 Å². The molecule has 1 aromatic rings. The van der Waals surface area contributed by atoms with E-state index in [0.717, 1.165) is 5.56 Å². The smallest absolute Gasteiger partial charge is 0.0907 e. The molecule has 0 amide bonds. The Hall–Kier alpha value is -0.900. The highest BCUT2D eigenvalue weighted by Gasteiger charge is 2.32. The fourth-order valence-electron chi connectivity index (χ4n) is 1.98. The molecule has 3 heteroatoms. The molecule has 0 aliphatic carbocycles. The molecule has 0 bridgehead atoms. The van der Waals surface area contributed by atoms with Crippen LogP contribution < -0.4 is 5.32 Å². The molecule has 1 rings (SSSR count). The van der Waals surface area contributed by atoms with Gasteiger partial charge in [0.2, 0.25) is 0 Å². The first-order valence-electron chi connectivity index (χ1n) is 6.16. The van der Waals surface area contributed by atoms with Crippen LogP contribution in [0.25, 0.3) is 0 Å². The Labute approximate surface area is 104 Å². The lowest BCUT2D eigenvalue weighted by molar-refractivity contribution is 0.0345. The van der Waals surface area contributed by atoms with E-state index in [1.54, 1.807) is 0 Å². The van der Waals surface area contributed by atoms with Crippen LogP contribution in [-0.2, 0) is 10.3 Å². The second kappa shape index (κ2) is 6.74. The molecule has 96 valence electrons. The van der Waals surface area contributed by atoms with Crippen molar-refractivity contribution in [2.24, 2.45) is 0 Å². The van der Waals surface area contributed by atoms with Crippen LogP contribution in [0, 0.1) is 0 Å². The van der Waals surface area contributed by atoms with Gasteiger partial charge in [0.15, 0.2) is 0 Å². The van der Waals surface area contributed by atoms with Crippen molar-refractivity contribution in [1.29, 1.82) is 0 Å². The van der Waals surface area contributed by atoms with Crippen LogP contribution in [-0.4, -0.2) is 31.0 Å². The zero-order valence-electron chi connectivity index (χ0n) is 10.9. The highest BCUT2D eigenvalue weighted by molar-refractivity contribution is 5.25. The zero-order chi connectivity index (χ0) is 12.7. The monoisotopic (exact) mass is 237 g/mol. The number of aliphatic hydroxyl groups excluding tert-OH is 1. The number of nitrogens with one attached hydrogen (secondary N) is 1. The topological polar surface area (TPSA) is 41.5 Å². The highest BCUT2D eigenvalue weighted by Crippen LogP contribution is 2.22. The molecule has 0 fully saturated rings. The van der Waals surface area contributed by atoms with Crippen LogP contribution >= 0.6 is 0 Å². The van der Waals surface area contributed by atoms with Gasteiger partial charge in [-0.15, -0.1) is 0 Å². The summed E-state index contributed by atoms with van der Waals surface area (Å²) in [6, 6.07) is 10.3. The number of ether oxygens (including phenoxy) is 1. The Balaban J connectivity index is 2.97. The molecule has 0 radical (unpaired) electrons. The first-order chi connectivity index (χ1) is 8.14. The van der Waals surface area contributed by atoms with Crippen molar-refractivity contribution in [2.45, 2.75) is 32.4 Å². The lowest BCUT2D eigenvalue weighted by atomic mass is 9.90. The summed E-state index contributed by atoms with van der Waals surface area (Å²) in [4.78, 5) is 0. The lowest BCUT2D eigenvalue weighted by Gasteiger charge is -2.35. The molecular weight excluding hydrogens is 214 g/mol. The van der Waals surface area contributed by atoms with Gasteiger partial charge in [-0.25, -0.2) is 0 Å². The van der Waals surface area contributed by atoms with Gasteiger partial charge in [0.1, 0.15) is 0 Å². The number of rotatable bonds is 7. The molecule has 3 nitrogen and oxygen atoms in total. The number of hydrogen-bond acceptors (Lipinski definition) is 3. The maximum absolute atomic E-state index is 9.76. The minimum Gasteiger partial charge on any atom is -0.394 e. The summed E-state index contributed by atoms with van der Waals surface area (Å²) in [5.74, 6) is 0. The normalized spacial score (nSPS) is 14.9. The van der Waals surface area contributed by atoms with E-state index in [9.17, 15) is 5.11 Å². The largest absolute Gasteiger partial charge is 0.394 e. The second-order valence-electron chi connectivity index (χ2n) is 4.54. The van der Waals surface area contributed by atoms with Gasteiger partial charge >= 0.3 is 0 Å². The van der Waals surface area contributed by atoms with Gasteiger partial charge in [-0.1, -0.05) is 30.3 Å². The van der Waals surface area contributed by atoms with E-state index in [2.05, 4.69) is 19.2 Å². The lowest BCUT2D eigenvalue weighted by Crippen LogP contribution is -2.52. The fraction of sp³-hybridized carbons (Fsp3) is 0.571. The van der Waals surface area contributed by atoms with Crippen LogP contribution in [0.2, 0.25) is 0 Å². The van der Waals surface area contributed by atoms with Crippen molar-refractivity contribution in [3.63, 3.8) is 0 Å². The van der Waals surface area contributed by atoms with Crippen molar-refractivity contribution >= 4 is 0 Å². The Morgan fingerprint density at radius 2 is 1.94 bits per heavy atom. The summed E-state index contributed by atoms with van der Waals surface area (Å²) in [6.45, 7) is 7.24. The van der Waals surface area contributed by atoms with Crippen LogP contribution in [0.5, 0.6) is 0 Å². The van der Waals surface area contributed by atoms with E-state index in [1.165, 1.54) is 0 Å². The molecule has 0 saturated carbocycles.